The van der Waals surface area contributed by atoms with Crippen LogP contribution in [0.2, 0.25) is 0 Å². The van der Waals surface area contributed by atoms with Crippen LogP contribution >= 0.6 is 0 Å². The van der Waals surface area contributed by atoms with Gasteiger partial charge in [0.1, 0.15) is 11.5 Å². The average molecular weight is 249 g/mol. The summed E-state index contributed by atoms with van der Waals surface area (Å²) in [7, 11) is 3.47. The minimum absolute atomic E-state index is 0.486. The van der Waals surface area contributed by atoms with E-state index in [0.29, 0.717) is 12.0 Å². The monoisotopic (exact) mass is 249 g/mol. The fraction of sp³-hybridized carbons (Fsp3) is 0.600. The van der Waals surface area contributed by atoms with Crippen molar-refractivity contribution in [3.8, 4) is 11.5 Å². The van der Waals surface area contributed by atoms with Gasteiger partial charge in [-0.2, -0.15) is 0 Å². The van der Waals surface area contributed by atoms with Gasteiger partial charge in [0.25, 0.3) is 0 Å². The largest absolute Gasteiger partial charge is 0.496 e. The molecule has 0 radical (unpaired) electrons. The van der Waals surface area contributed by atoms with Gasteiger partial charge in [-0.05, 0) is 50.9 Å². The maximum Gasteiger partial charge on any atom is 0.122 e. The third kappa shape index (κ3) is 2.46. The molecule has 1 aromatic carbocycles. The molecular weight excluding hydrogens is 226 g/mol. The summed E-state index contributed by atoms with van der Waals surface area (Å²) in [5.41, 5.74) is 2.38. The summed E-state index contributed by atoms with van der Waals surface area (Å²) in [6, 6.07) is 4.71. The molecule has 3 nitrogen and oxygen atoms in total. The SMILES string of the molecule is COc1cc(C2CCCNC2C)c(OC)cc1C. The van der Waals surface area contributed by atoms with E-state index in [1.54, 1.807) is 14.2 Å². The molecule has 1 N–H and O–H groups in total. The van der Waals surface area contributed by atoms with Crippen molar-refractivity contribution in [2.75, 3.05) is 20.8 Å². The van der Waals surface area contributed by atoms with Crippen LogP contribution in [0, 0.1) is 6.92 Å². The summed E-state index contributed by atoms with van der Waals surface area (Å²) in [6.45, 7) is 5.41. The summed E-state index contributed by atoms with van der Waals surface area (Å²) in [5, 5.41) is 3.54. The molecule has 18 heavy (non-hydrogen) atoms. The molecule has 2 atom stereocenters. The number of methoxy groups -OCH3 is 2. The normalized spacial score (nSPS) is 23.8. The Morgan fingerprint density at radius 2 is 1.89 bits per heavy atom. The van der Waals surface area contributed by atoms with Gasteiger partial charge in [0, 0.05) is 17.5 Å². The van der Waals surface area contributed by atoms with Gasteiger partial charge in [0.05, 0.1) is 14.2 Å². The molecule has 1 aliphatic rings. The van der Waals surface area contributed by atoms with Gasteiger partial charge in [-0.25, -0.2) is 0 Å². The van der Waals surface area contributed by atoms with Gasteiger partial charge in [-0.3, -0.25) is 0 Å². The molecule has 0 spiro atoms. The number of nitrogens with one attached hydrogen (secondary N) is 1. The van der Waals surface area contributed by atoms with Crippen LogP contribution in [0.25, 0.3) is 0 Å². The number of piperidine rings is 1. The lowest BCUT2D eigenvalue weighted by molar-refractivity contribution is 0.347. The van der Waals surface area contributed by atoms with E-state index in [1.807, 2.05) is 6.92 Å². The highest BCUT2D eigenvalue weighted by Crippen LogP contribution is 2.38. The first-order valence-electron chi connectivity index (χ1n) is 6.63. The second-order valence-electron chi connectivity index (χ2n) is 5.06. The van der Waals surface area contributed by atoms with Crippen LogP contribution in [0.4, 0.5) is 0 Å². The summed E-state index contributed by atoms with van der Waals surface area (Å²) < 4.78 is 11.0. The van der Waals surface area contributed by atoms with Crippen molar-refractivity contribution in [1.82, 2.24) is 5.32 Å². The Bertz CT molecular complexity index is 417. The zero-order valence-electron chi connectivity index (χ0n) is 11.7. The lowest BCUT2D eigenvalue weighted by Gasteiger charge is -2.31. The molecule has 1 fully saturated rings. The Morgan fingerprint density at radius 1 is 1.17 bits per heavy atom. The highest BCUT2D eigenvalue weighted by molar-refractivity contribution is 5.48. The maximum absolute atomic E-state index is 5.54. The van der Waals surface area contributed by atoms with E-state index in [2.05, 4.69) is 24.4 Å². The van der Waals surface area contributed by atoms with Gasteiger partial charge < -0.3 is 14.8 Å². The first-order chi connectivity index (χ1) is 8.67. The van der Waals surface area contributed by atoms with E-state index < -0.39 is 0 Å². The molecule has 1 heterocycles. The molecule has 0 bridgehead atoms. The highest BCUT2D eigenvalue weighted by atomic mass is 16.5. The van der Waals surface area contributed by atoms with Crippen molar-refractivity contribution >= 4 is 0 Å². The molecule has 0 aliphatic carbocycles. The van der Waals surface area contributed by atoms with Crippen LogP contribution < -0.4 is 14.8 Å². The quantitative estimate of drug-likeness (QED) is 0.893. The Balaban J connectivity index is 2.40. The molecule has 1 aliphatic heterocycles. The highest BCUT2D eigenvalue weighted by Gasteiger charge is 2.26. The lowest BCUT2D eigenvalue weighted by Crippen LogP contribution is -2.37. The summed E-state index contributed by atoms with van der Waals surface area (Å²) >= 11 is 0. The standard InChI is InChI=1S/C15H23NO2/c1-10-8-15(18-4)13(9-14(10)17-3)12-6-5-7-16-11(12)2/h8-9,11-12,16H,5-7H2,1-4H3. The fourth-order valence-electron chi connectivity index (χ4n) is 2.83. The smallest absolute Gasteiger partial charge is 0.122 e. The van der Waals surface area contributed by atoms with Crippen LogP contribution in [0.5, 0.6) is 11.5 Å². The van der Waals surface area contributed by atoms with E-state index >= 15 is 0 Å². The molecule has 0 amide bonds. The summed E-state index contributed by atoms with van der Waals surface area (Å²) in [5.74, 6) is 2.43. The Labute approximate surface area is 109 Å². The second-order valence-corrected chi connectivity index (χ2v) is 5.06. The van der Waals surface area contributed by atoms with Crippen LogP contribution in [-0.2, 0) is 0 Å². The fourth-order valence-corrected chi connectivity index (χ4v) is 2.83. The van der Waals surface area contributed by atoms with Gasteiger partial charge in [0.15, 0.2) is 0 Å². The third-order valence-corrected chi connectivity index (χ3v) is 3.91. The third-order valence-electron chi connectivity index (χ3n) is 3.91. The molecule has 2 unspecified atom stereocenters. The number of hydrogen-bond donors (Lipinski definition) is 1. The van der Waals surface area contributed by atoms with Gasteiger partial charge >= 0.3 is 0 Å². The predicted octanol–water partition coefficient (Wildman–Crippen LogP) is 2.87. The molecule has 100 valence electrons. The van der Waals surface area contributed by atoms with Crippen LogP contribution in [0.15, 0.2) is 12.1 Å². The number of hydrogen-bond acceptors (Lipinski definition) is 3. The van der Waals surface area contributed by atoms with Crippen molar-refractivity contribution in [2.24, 2.45) is 0 Å². The lowest BCUT2D eigenvalue weighted by atomic mass is 9.84. The van der Waals surface area contributed by atoms with Crippen molar-refractivity contribution in [2.45, 2.75) is 38.6 Å². The Kier molecular flexibility index (Phi) is 4.12. The van der Waals surface area contributed by atoms with Crippen molar-refractivity contribution in [3.63, 3.8) is 0 Å². The summed E-state index contributed by atoms with van der Waals surface area (Å²) in [4.78, 5) is 0. The minimum Gasteiger partial charge on any atom is -0.496 e. The second kappa shape index (κ2) is 5.61. The average Bonchev–Trinajstić information content (AvgIpc) is 2.39. The first kappa shape index (κ1) is 13.2. The maximum atomic E-state index is 5.54. The number of benzene rings is 1. The minimum atomic E-state index is 0.486. The number of rotatable bonds is 3. The zero-order chi connectivity index (χ0) is 13.1. The molecular formula is C15H23NO2. The van der Waals surface area contributed by atoms with Gasteiger partial charge in [-0.1, -0.05) is 0 Å². The predicted molar refractivity (Wildman–Crippen MR) is 73.7 cm³/mol. The van der Waals surface area contributed by atoms with Crippen LogP contribution in [0.1, 0.15) is 36.8 Å². The number of ether oxygens (including phenoxy) is 2. The van der Waals surface area contributed by atoms with Crippen molar-refractivity contribution in [1.29, 1.82) is 0 Å². The van der Waals surface area contributed by atoms with E-state index in [0.717, 1.165) is 23.6 Å². The van der Waals surface area contributed by atoms with E-state index in [-0.39, 0.29) is 0 Å². The van der Waals surface area contributed by atoms with Crippen molar-refractivity contribution in [3.05, 3.63) is 23.3 Å². The van der Waals surface area contributed by atoms with Crippen LogP contribution in [0.3, 0.4) is 0 Å². The molecule has 3 heteroatoms. The molecule has 1 saturated heterocycles. The Morgan fingerprint density at radius 3 is 2.50 bits per heavy atom. The van der Waals surface area contributed by atoms with Gasteiger partial charge in [-0.15, -0.1) is 0 Å². The van der Waals surface area contributed by atoms with Gasteiger partial charge in [0.2, 0.25) is 0 Å². The summed E-state index contributed by atoms with van der Waals surface area (Å²) in [6.07, 6.45) is 2.42. The number of aryl methyl sites for hydroxylation is 1. The van der Waals surface area contributed by atoms with E-state index in [9.17, 15) is 0 Å². The molecule has 1 aromatic rings. The van der Waals surface area contributed by atoms with E-state index in [4.69, 9.17) is 9.47 Å². The molecule has 2 rings (SSSR count). The molecule has 0 aromatic heterocycles. The topological polar surface area (TPSA) is 30.5 Å². The van der Waals surface area contributed by atoms with Crippen molar-refractivity contribution < 1.29 is 9.47 Å². The Hall–Kier alpha value is -1.22. The van der Waals surface area contributed by atoms with Crippen LogP contribution in [-0.4, -0.2) is 26.8 Å². The first-order valence-corrected chi connectivity index (χ1v) is 6.63. The molecule has 0 saturated carbocycles. The van der Waals surface area contributed by atoms with E-state index in [1.165, 1.54) is 18.4 Å². The zero-order valence-corrected chi connectivity index (χ0v) is 11.7.